The van der Waals surface area contributed by atoms with Crippen LogP contribution in [0.3, 0.4) is 0 Å². The smallest absolute Gasteiger partial charge is 0.119 e. The Bertz CT molecular complexity index is 724. The van der Waals surface area contributed by atoms with E-state index in [0.717, 1.165) is 22.8 Å². The molecule has 0 aromatic heterocycles. The van der Waals surface area contributed by atoms with Gasteiger partial charge in [0.2, 0.25) is 0 Å². The second-order valence-electron chi connectivity index (χ2n) is 4.85. The maximum atomic E-state index is 5.26. The lowest BCUT2D eigenvalue weighted by Crippen LogP contribution is -2.09. The fourth-order valence-electron chi connectivity index (χ4n) is 2.35. The second-order valence-corrected chi connectivity index (χ2v) is 6.09. The van der Waals surface area contributed by atoms with Gasteiger partial charge in [-0.2, -0.15) is 0 Å². The maximum Gasteiger partial charge on any atom is 0.119 e. The Morgan fingerprint density at radius 1 is 0.682 bits per heavy atom. The van der Waals surface area contributed by atoms with Crippen LogP contribution in [0.15, 0.2) is 78.9 Å². The molecule has 3 rings (SSSR count). The molecule has 110 valence electrons. The molecule has 0 aliphatic rings. The molecule has 22 heavy (non-hydrogen) atoms. The van der Waals surface area contributed by atoms with Crippen molar-refractivity contribution in [3.05, 3.63) is 82.4 Å². The van der Waals surface area contributed by atoms with E-state index >= 15 is 0 Å². The van der Waals surface area contributed by atoms with Crippen molar-refractivity contribution in [1.29, 1.82) is 0 Å². The molecule has 0 heterocycles. The van der Waals surface area contributed by atoms with Crippen LogP contribution in [-0.4, -0.2) is 7.11 Å². The average molecular weight is 401 g/mol. The summed E-state index contributed by atoms with van der Waals surface area (Å²) < 4.78 is 6.48. The molecule has 0 atom stereocenters. The molecule has 0 N–H and O–H groups in total. The first-order valence-corrected chi connectivity index (χ1v) is 8.10. The quantitative estimate of drug-likeness (QED) is 0.515. The summed E-state index contributed by atoms with van der Waals surface area (Å²) in [5.74, 6) is 0.861. The first kappa shape index (κ1) is 14.9. The van der Waals surface area contributed by atoms with Crippen LogP contribution in [0.2, 0.25) is 0 Å². The van der Waals surface area contributed by atoms with Crippen LogP contribution in [-0.2, 0) is 0 Å². The number of ether oxygens (including phenoxy) is 1. The SMILES string of the molecule is COc1ccc(N(c2ccccc2)c2ccc(I)cc2)cc1. The summed E-state index contributed by atoms with van der Waals surface area (Å²) in [6, 6.07) is 27.0. The van der Waals surface area contributed by atoms with Crippen molar-refractivity contribution in [3.63, 3.8) is 0 Å². The highest BCUT2D eigenvalue weighted by atomic mass is 127. The number of hydrogen-bond donors (Lipinski definition) is 0. The molecule has 3 aromatic carbocycles. The number of para-hydroxylation sites is 1. The summed E-state index contributed by atoms with van der Waals surface area (Å²) in [7, 11) is 1.68. The molecule has 0 spiro atoms. The number of methoxy groups -OCH3 is 1. The van der Waals surface area contributed by atoms with Crippen molar-refractivity contribution in [2.75, 3.05) is 12.0 Å². The zero-order valence-corrected chi connectivity index (χ0v) is 14.4. The highest BCUT2D eigenvalue weighted by Crippen LogP contribution is 2.35. The summed E-state index contributed by atoms with van der Waals surface area (Å²) in [6.45, 7) is 0. The molecule has 3 aromatic rings. The first-order valence-electron chi connectivity index (χ1n) is 7.03. The van der Waals surface area contributed by atoms with E-state index in [4.69, 9.17) is 4.74 Å². The summed E-state index contributed by atoms with van der Waals surface area (Å²) in [5, 5.41) is 0. The van der Waals surface area contributed by atoms with Gasteiger partial charge in [0, 0.05) is 20.6 Å². The Balaban J connectivity index is 2.07. The molecular weight excluding hydrogens is 385 g/mol. The molecule has 0 bridgehead atoms. The third-order valence-corrected chi connectivity index (χ3v) is 4.15. The summed E-state index contributed by atoms with van der Waals surface area (Å²) in [5.41, 5.74) is 3.37. The molecule has 0 amide bonds. The Labute approximate surface area is 144 Å². The van der Waals surface area contributed by atoms with Crippen LogP contribution < -0.4 is 9.64 Å². The van der Waals surface area contributed by atoms with Gasteiger partial charge in [-0.25, -0.2) is 0 Å². The number of anilines is 3. The Hall–Kier alpha value is -2.01. The fraction of sp³-hybridized carbons (Fsp3) is 0.0526. The molecule has 0 aliphatic heterocycles. The Kier molecular flexibility index (Phi) is 4.63. The van der Waals surface area contributed by atoms with E-state index in [9.17, 15) is 0 Å². The van der Waals surface area contributed by atoms with E-state index in [1.54, 1.807) is 7.11 Å². The molecule has 2 nitrogen and oxygen atoms in total. The normalized spacial score (nSPS) is 10.3. The molecule has 0 saturated heterocycles. The van der Waals surface area contributed by atoms with Crippen LogP contribution in [0.4, 0.5) is 17.1 Å². The number of nitrogens with zero attached hydrogens (tertiary/aromatic N) is 1. The van der Waals surface area contributed by atoms with Gasteiger partial charge in [-0.15, -0.1) is 0 Å². The van der Waals surface area contributed by atoms with E-state index in [2.05, 4.69) is 88.2 Å². The van der Waals surface area contributed by atoms with Gasteiger partial charge in [-0.3, -0.25) is 0 Å². The summed E-state index contributed by atoms with van der Waals surface area (Å²) in [6.07, 6.45) is 0. The lowest BCUT2D eigenvalue weighted by Gasteiger charge is -2.25. The van der Waals surface area contributed by atoms with Crippen LogP contribution in [0.25, 0.3) is 0 Å². The molecular formula is C19H16INO. The van der Waals surface area contributed by atoms with E-state index in [-0.39, 0.29) is 0 Å². The van der Waals surface area contributed by atoms with E-state index in [1.165, 1.54) is 3.57 Å². The maximum absolute atomic E-state index is 5.26. The number of benzene rings is 3. The number of rotatable bonds is 4. The molecule has 0 aliphatic carbocycles. The second kappa shape index (κ2) is 6.83. The molecule has 0 radical (unpaired) electrons. The van der Waals surface area contributed by atoms with Gasteiger partial charge in [0.15, 0.2) is 0 Å². The van der Waals surface area contributed by atoms with Gasteiger partial charge >= 0.3 is 0 Å². The predicted molar refractivity (Wildman–Crippen MR) is 100 cm³/mol. The van der Waals surface area contributed by atoms with Crippen LogP contribution in [0.1, 0.15) is 0 Å². The van der Waals surface area contributed by atoms with Gasteiger partial charge in [0.05, 0.1) is 7.11 Å². The Morgan fingerprint density at radius 3 is 1.73 bits per heavy atom. The van der Waals surface area contributed by atoms with E-state index in [0.29, 0.717) is 0 Å². The van der Waals surface area contributed by atoms with Crippen LogP contribution in [0, 0.1) is 3.57 Å². The van der Waals surface area contributed by atoms with E-state index < -0.39 is 0 Å². The van der Waals surface area contributed by atoms with Gasteiger partial charge in [-0.05, 0) is 83.3 Å². The topological polar surface area (TPSA) is 12.5 Å². The highest BCUT2D eigenvalue weighted by molar-refractivity contribution is 14.1. The average Bonchev–Trinajstić information content (AvgIpc) is 2.58. The van der Waals surface area contributed by atoms with E-state index in [1.807, 2.05) is 18.2 Å². The van der Waals surface area contributed by atoms with Crippen molar-refractivity contribution in [1.82, 2.24) is 0 Å². The largest absolute Gasteiger partial charge is 0.497 e. The molecule has 0 fully saturated rings. The zero-order chi connectivity index (χ0) is 15.4. The van der Waals surface area contributed by atoms with Crippen molar-refractivity contribution < 1.29 is 4.74 Å². The third kappa shape index (κ3) is 3.25. The standard InChI is InChI=1S/C19H16INO/c1-22-19-13-11-18(12-14-19)21(16-5-3-2-4-6-16)17-9-7-15(20)8-10-17/h2-14H,1H3. The van der Waals surface area contributed by atoms with Crippen molar-refractivity contribution in [2.24, 2.45) is 0 Å². The van der Waals surface area contributed by atoms with Crippen LogP contribution >= 0.6 is 22.6 Å². The number of hydrogen-bond acceptors (Lipinski definition) is 2. The summed E-state index contributed by atoms with van der Waals surface area (Å²) in [4.78, 5) is 2.23. The minimum atomic E-state index is 0.861. The fourth-order valence-corrected chi connectivity index (χ4v) is 2.71. The highest BCUT2D eigenvalue weighted by Gasteiger charge is 2.11. The Morgan fingerprint density at radius 2 is 1.18 bits per heavy atom. The van der Waals surface area contributed by atoms with Gasteiger partial charge in [0.1, 0.15) is 5.75 Å². The van der Waals surface area contributed by atoms with Crippen molar-refractivity contribution in [3.8, 4) is 5.75 Å². The molecule has 3 heteroatoms. The van der Waals surface area contributed by atoms with Gasteiger partial charge in [0.25, 0.3) is 0 Å². The third-order valence-electron chi connectivity index (χ3n) is 3.43. The molecule has 0 unspecified atom stereocenters. The lowest BCUT2D eigenvalue weighted by atomic mass is 10.2. The molecule has 0 saturated carbocycles. The zero-order valence-electron chi connectivity index (χ0n) is 12.2. The predicted octanol–water partition coefficient (Wildman–Crippen LogP) is 5.77. The van der Waals surface area contributed by atoms with Gasteiger partial charge in [-0.1, -0.05) is 18.2 Å². The minimum absolute atomic E-state index is 0.861. The van der Waals surface area contributed by atoms with Crippen LogP contribution in [0.5, 0.6) is 5.75 Å². The minimum Gasteiger partial charge on any atom is -0.497 e. The number of halogens is 1. The van der Waals surface area contributed by atoms with Crippen molar-refractivity contribution >= 4 is 39.7 Å². The lowest BCUT2D eigenvalue weighted by molar-refractivity contribution is 0.415. The summed E-state index contributed by atoms with van der Waals surface area (Å²) >= 11 is 2.32. The van der Waals surface area contributed by atoms with Gasteiger partial charge < -0.3 is 9.64 Å². The monoisotopic (exact) mass is 401 g/mol. The first-order chi connectivity index (χ1) is 10.8. The van der Waals surface area contributed by atoms with Crippen molar-refractivity contribution in [2.45, 2.75) is 0 Å².